The van der Waals surface area contributed by atoms with E-state index < -0.39 is 5.82 Å². The second-order valence-corrected chi connectivity index (χ2v) is 3.83. The van der Waals surface area contributed by atoms with Crippen LogP contribution in [0.1, 0.15) is 16.2 Å². The highest BCUT2D eigenvalue weighted by molar-refractivity contribution is 5.79. The number of nitrogens with zero attached hydrogens (tertiary/aromatic N) is 2. The Labute approximate surface area is 104 Å². The first-order valence-corrected chi connectivity index (χ1v) is 5.55. The summed E-state index contributed by atoms with van der Waals surface area (Å²) in [6.07, 6.45) is 4.65. The van der Waals surface area contributed by atoms with Gasteiger partial charge in [-0.2, -0.15) is 0 Å². The number of hydrogen-bond donors (Lipinski definition) is 0. The minimum absolute atomic E-state index is 0.00158. The summed E-state index contributed by atoms with van der Waals surface area (Å²) in [6.45, 7) is 0.270. The Bertz CT molecular complexity index is 552. The van der Waals surface area contributed by atoms with Crippen LogP contribution in [0.4, 0.5) is 4.39 Å². The zero-order valence-corrected chi connectivity index (χ0v) is 9.97. The molecule has 0 unspecified atom stereocenters. The van der Waals surface area contributed by atoms with Crippen LogP contribution in [0.25, 0.3) is 0 Å². The zero-order valence-electron chi connectivity index (χ0n) is 9.97. The van der Waals surface area contributed by atoms with E-state index in [2.05, 4.69) is 4.98 Å². The van der Waals surface area contributed by atoms with E-state index >= 15 is 0 Å². The highest BCUT2D eigenvalue weighted by Gasteiger charge is 2.09. The lowest BCUT2D eigenvalue weighted by atomic mass is 10.2. The van der Waals surface area contributed by atoms with Gasteiger partial charge in [-0.3, -0.25) is 4.79 Å². The molecule has 1 aromatic carbocycles. The quantitative estimate of drug-likeness (QED) is 0.760. The topological polar surface area (TPSA) is 44.1 Å². The van der Waals surface area contributed by atoms with E-state index in [-0.39, 0.29) is 17.9 Å². The molecule has 0 fully saturated rings. The number of carbonyl (C=O) groups is 1. The Balaban J connectivity index is 2.02. The molecule has 5 heteroatoms. The summed E-state index contributed by atoms with van der Waals surface area (Å²) >= 11 is 0. The molecular weight excluding hydrogens is 235 g/mol. The molecule has 0 aliphatic carbocycles. The number of carbonyl (C=O) groups excluding carboxylic acids is 1. The van der Waals surface area contributed by atoms with Crippen LogP contribution in [-0.4, -0.2) is 22.4 Å². The molecule has 0 atom stereocenters. The van der Waals surface area contributed by atoms with E-state index in [0.717, 1.165) is 5.82 Å². The van der Waals surface area contributed by atoms with Crippen LogP contribution in [0.15, 0.2) is 30.6 Å². The van der Waals surface area contributed by atoms with Gasteiger partial charge in [0.05, 0.1) is 12.2 Å². The summed E-state index contributed by atoms with van der Waals surface area (Å²) in [5, 5.41) is 0. The van der Waals surface area contributed by atoms with E-state index in [4.69, 9.17) is 4.74 Å². The molecule has 0 saturated heterocycles. The van der Waals surface area contributed by atoms with Crippen molar-refractivity contribution >= 4 is 6.29 Å². The second kappa shape index (κ2) is 5.44. The van der Waals surface area contributed by atoms with Crippen LogP contribution in [0.3, 0.4) is 0 Å². The van der Waals surface area contributed by atoms with Gasteiger partial charge in [0.1, 0.15) is 5.82 Å². The predicted molar refractivity (Wildman–Crippen MR) is 64.2 cm³/mol. The summed E-state index contributed by atoms with van der Waals surface area (Å²) in [4.78, 5) is 14.9. The molecule has 2 aromatic rings. The van der Waals surface area contributed by atoms with Gasteiger partial charge in [0.2, 0.25) is 0 Å². The molecule has 0 aliphatic rings. The molecule has 0 radical (unpaired) electrons. The molecule has 4 nitrogen and oxygen atoms in total. The molecule has 1 heterocycles. The third kappa shape index (κ3) is 2.56. The van der Waals surface area contributed by atoms with Gasteiger partial charge in [0.25, 0.3) is 0 Å². The fraction of sp³-hybridized carbons (Fsp3) is 0.231. The molecule has 0 N–H and O–H groups in total. The SMILES string of the molecule is Cn1ccnc1CCOc1c(F)cccc1C=O. The maximum Gasteiger partial charge on any atom is 0.165 e. The standard InChI is InChI=1S/C13H13FN2O2/c1-16-7-6-15-12(16)5-8-18-13-10(9-17)3-2-4-11(13)14/h2-4,6-7,9H,5,8H2,1H3. The largest absolute Gasteiger partial charge is 0.489 e. The number of ether oxygens (including phenoxy) is 1. The maximum atomic E-state index is 13.5. The van der Waals surface area contributed by atoms with E-state index in [0.29, 0.717) is 12.7 Å². The van der Waals surface area contributed by atoms with Crippen molar-refractivity contribution in [1.82, 2.24) is 9.55 Å². The van der Waals surface area contributed by atoms with Crippen LogP contribution < -0.4 is 4.74 Å². The number of hydrogen-bond acceptors (Lipinski definition) is 3. The first-order valence-electron chi connectivity index (χ1n) is 5.55. The number of para-hydroxylation sites is 1. The van der Waals surface area contributed by atoms with Gasteiger partial charge in [0, 0.05) is 25.9 Å². The molecule has 0 spiro atoms. The number of aryl methyl sites for hydroxylation is 1. The first-order chi connectivity index (χ1) is 8.72. The maximum absolute atomic E-state index is 13.5. The smallest absolute Gasteiger partial charge is 0.165 e. The highest BCUT2D eigenvalue weighted by Crippen LogP contribution is 2.21. The van der Waals surface area contributed by atoms with Crippen molar-refractivity contribution in [2.24, 2.45) is 7.05 Å². The number of rotatable bonds is 5. The van der Waals surface area contributed by atoms with Gasteiger partial charge < -0.3 is 9.30 Å². The molecular formula is C13H13FN2O2. The average Bonchev–Trinajstić information content (AvgIpc) is 2.77. The lowest BCUT2D eigenvalue weighted by Crippen LogP contribution is -2.08. The third-order valence-corrected chi connectivity index (χ3v) is 2.62. The highest BCUT2D eigenvalue weighted by atomic mass is 19.1. The minimum atomic E-state index is -0.528. The molecule has 0 amide bonds. The van der Waals surface area contributed by atoms with Crippen molar-refractivity contribution < 1.29 is 13.9 Å². The Morgan fingerprint density at radius 2 is 2.33 bits per heavy atom. The minimum Gasteiger partial charge on any atom is -0.489 e. The Morgan fingerprint density at radius 3 is 3.00 bits per heavy atom. The van der Waals surface area contributed by atoms with E-state index in [1.165, 1.54) is 18.2 Å². The van der Waals surface area contributed by atoms with Crippen LogP contribution in [0.2, 0.25) is 0 Å². The Kier molecular flexibility index (Phi) is 3.72. The normalized spacial score (nSPS) is 10.3. The van der Waals surface area contributed by atoms with Crippen molar-refractivity contribution in [1.29, 1.82) is 0 Å². The summed E-state index contributed by atoms with van der Waals surface area (Å²) < 4.78 is 20.7. The monoisotopic (exact) mass is 248 g/mol. The summed E-state index contributed by atoms with van der Waals surface area (Å²) in [5.41, 5.74) is 0.217. The van der Waals surface area contributed by atoms with Crippen molar-refractivity contribution in [2.45, 2.75) is 6.42 Å². The molecule has 0 aliphatic heterocycles. The van der Waals surface area contributed by atoms with E-state index in [9.17, 15) is 9.18 Å². The number of imidazole rings is 1. The van der Waals surface area contributed by atoms with Crippen LogP contribution in [0.5, 0.6) is 5.75 Å². The first kappa shape index (κ1) is 12.3. The molecule has 1 aromatic heterocycles. The molecule has 94 valence electrons. The number of halogens is 1. The predicted octanol–water partition coefficient (Wildman–Crippen LogP) is 1.99. The van der Waals surface area contributed by atoms with Crippen molar-refractivity contribution in [3.8, 4) is 5.75 Å². The molecule has 0 bridgehead atoms. The summed E-state index contributed by atoms with van der Waals surface area (Å²) in [7, 11) is 1.88. The third-order valence-electron chi connectivity index (χ3n) is 2.62. The van der Waals surface area contributed by atoms with Gasteiger partial charge in [-0.15, -0.1) is 0 Å². The average molecular weight is 248 g/mol. The Hall–Kier alpha value is -2.17. The number of aromatic nitrogens is 2. The summed E-state index contributed by atoms with van der Waals surface area (Å²) in [5.74, 6) is 0.320. The molecule has 18 heavy (non-hydrogen) atoms. The van der Waals surface area contributed by atoms with Gasteiger partial charge >= 0.3 is 0 Å². The van der Waals surface area contributed by atoms with Gasteiger partial charge in [-0.25, -0.2) is 9.37 Å². The zero-order chi connectivity index (χ0) is 13.0. The van der Waals surface area contributed by atoms with Crippen molar-refractivity contribution in [3.05, 3.63) is 47.8 Å². The molecule has 0 saturated carbocycles. The lowest BCUT2D eigenvalue weighted by molar-refractivity contribution is 0.111. The van der Waals surface area contributed by atoms with E-state index in [1.54, 1.807) is 6.20 Å². The number of benzene rings is 1. The second-order valence-electron chi connectivity index (χ2n) is 3.83. The van der Waals surface area contributed by atoms with Crippen molar-refractivity contribution in [3.63, 3.8) is 0 Å². The van der Waals surface area contributed by atoms with Crippen LogP contribution in [-0.2, 0) is 13.5 Å². The van der Waals surface area contributed by atoms with Gasteiger partial charge in [-0.05, 0) is 12.1 Å². The van der Waals surface area contributed by atoms with Gasteiger partial charge in [-0.1, -0.05) is 6.07 Å². The number of aldehydes is 1. The summed E-state index contributed by atoms with van der Waals surface area (Å²) in [6, 6.07) is 4.26. The fourth-order valence-electron chi connectivity index (χ4n) is 1.65. The van der Waals surface area contributed by atoms with Gasteiger partial charge in [0.15, 0.2) is 17.9 Å². The fourth-order valence-corrected chi connectivity index (χ4v) is 1.65. The molecule has 2 rings (SSSR count). The lowest BCUT2D eigenvalue weighted by Gasteiger charge is -2.09. The van der Waals surface area contributed by atoms with Crippen LogP contribution >= 0.6 is 0 Å². The van der Waals surface area contributed by atoms with Crippen LogP contribution in [0, 0.1) is 5.82 Å². The Morgan fingerprint density at radius 1 is 1.50 bits per heavy atom. The van der Waals surface area contributed by atoms with E-state index in [1.807, 2.05) is 17.8 Å². The van der Waals surface area contributed by atoms with Crippen molar-refractivity contribution in [2.75, 3.05) is 6.61 Å².